The SMILES string of the molecule is CC.NC(CO)Cc1c[nH]c2ccccc12. The van der Waals surface area contributed by atoms with Crippen LogP contribution in [-0.2, 0) is 6.42 Å². The average molecular weight is 220 g/mol. The summed E-state index contributed by atoms with van der Waals surface area (Å²) in [5, 5.41) is 10.1. The summed E-state index contributed by atoms with van der Waals surface area (Å²) in [5.41, 5.74) is 7.98. The standard InChI is InChI=1S/C11H14N2O.C2H6/c12-9(7-14)5-8-6-13-11-4-2-1-3-10(8)11;1-2/h1-4,6,9,13-14H,5,7,12H2;1-2H3. The van der Waals surface area contributed by atoms with Crippen molar-refractivity contribution in [3.8, 4) is 0 Å². The largest absolute Gasteiger partial charge is 0.395 e. The molecule has 3 heteroatoms. The molecule has 0 amide bonds. The van der Waals surface area contributed by atoms with E-state index in [-0.39, 0.29) is 12.6 Å². The number of nitrogens with one attached hydrogen (secondary N) is 1. The lowest BCUT2D eigenvalue weighted by molar-refractivity contribution is 0.265. The quantitative estimate of drug-likeness (QED) is 0.741. The van der Waals surface area contributed by atoms with E-state index in [1.165, 1.54) is 10.9 Å². The molecule has 0 saturated heterocycles. The van der Waals surface area contributed by atoms with E-state index >= 15 is 0 Å². The third-order valence-corrected chi connectivity index (χ3v) is 2.39. The molecular weight excluding hydrogens is 200 g/mol. The van der Waals surface area contributed by atoms with Crippen molar-refractivity contribution in [2.45, 2.75) is 26.3 Å². The van der Waals surface area contributed by atoms with Crippen molar-refractivity contribution in [2.75, 3.05) is 6.61 Å². The van der Waals surface area contributed by atoms with Gasteiger partial charge in [0.15, 0.2) is 0 Å². The number of aliphatic hydroxyl groups excluding tert-OH is 1. The molecule has 2 rings (SSSR count). The lowest BCUT2D eigenvalue weighted by Gasteiger charge is -2.05. The van der Waals surface area contributed by atoms with Crippen LogP contribution in [0.25, 0.3) is 10.9 Å². The number of H-pyrrole nitrogens is 1. The first-order valence-corrected chi connectivity index (χ1v) is 5.72. The van der Waals surface area contributed by atoms with Gasteiger partial charge in [-0.2, -0.15) is 0 Å². The van der Waals surface area contributed by atoms with Gasteiger partial charge in [0.2, 0.25) is 0 Å². The average Bonchev–Trinajstić information content (AvgIpc) is 2.75. The van der Waals surface area contributed by atoms with Crippen LogP contribution in [0.3, 0.4) is 0 Å². The maximum Gasteiger partial charge on any atom is 0.0585 e. The molecule has 0 aliphatic rings. The van der Waals surface area contributed by atoms with Gasteiger partial charge in [0.25, 0.3) is 0 Å². The molecule has 0 aliphatic carbocycles. The van der Waals surface area contributed by atoms with Crippen LogP contribution in [0.4, 0.5) is 0 Å². The number of aromatic nitrogens is 1. The molecule has 1 heterocycles. The topological polar surface area (TPSA) is 62.0 Å². The molecule has 16 heavy (non-hydrogen) atoms. The van der Waals surface area contributed by atoms with Gasteiger partial charge in [-0.05, 0) is 18.1 Å². The second-order valence-corrected chi connectivity index (χ2v) is 3.51. The number of aromatic amines is 1. The summed E-state index contributed by atoms with van der Waals surface area (Å²) in [6.07, 6.45) is 2.67. The van der Waals surface area contributed by atoms with Crippen molar-refractivity contribution in [3.05, 3.63) is 36.0 Å². The zero-order valence-corrected chi connectivity index (χ0v) is 9.90. The van der Waals surface area contributed by atoms with Crippen LogP contribution >= 0.6 is 0 Å². The Kier molecular flexibility index (Phi) is 5.02. The Balaban J connectivity index is 0.000000606. The van der Waals surface area contributed by atoms with Crippen LogP contribution in [0.2, 0.25) is 0 Å². The van der Waals surface area contributed by atoms with Gasteiger partial charge in [0, 0.05) is 23.1 Å². The number of benzene rings is 1. The van der Waals surface area contributed by atoms with Gasteiger partial charge in [0.05, 0.1) is 6.61 Å². The third-order valence-electron chi connectivity index (χ3n) is 2.39. The zero-order valence-electron chi connectivity index (χ0n) is 9.90. The molecule has 2 aromatic rings. The van der Waals surface area contributed by atoms with Gasteiger partial charge >= 0.3 is 0 Å². The number of para-hydroxylation sites is 1. The summed E-state index contributed by atoms with van der Waals surface area (Å²) in [4.78, 5) is 3.18. The molecule has 0 bridgehead atoms. The first-order chi connectivity index (χ1) is 7.81. The van der Waals surface area contributed by atoms with Gasteiger partial charge in [-0.15, -0.1) is 0 Å². The third kappa shape index (κ3) is 2.84. The van der Waals surface area contributed by atoms with E-state index in [1.807, 2.05) is 38.2 Å². The minimum atomic E-state index is -0.172. The second kappa shape index (κ2) is 6.30. The summed E-state index contributed by atoms with van der Waals surface area (Å²) < 4.78 is 0. The number of rotatable bonds is 3. The highest BCUT2D eigenvalue weighted by atomic mass is 16.3. The smallest absolute Gasteiger partial charge is 0.0585 e. The number of nitrogens with two attached hydrogens (primary N) is 1. The maximum absolute atomic E-state index is 8.87. The molecule has 1 unspecified atom stereocenters. The highest BCUT2D eigenvalue weighted by Crippen LogP contribution is 2.18. The predicted octanol–water partition coefficient (Wildman–Crippen LogP) is 2.06. The van der Waals surface area contributed by atoms with Crippen LogP contribution in [0.5, 0.6) is 0 Å². The number of aliphatic hydroxyl groups is 1. The lowest BCUT2D eigenvalue weighted by atomic mass is 10.1. The first kappa shape index (κ1) is 12.7. The van der Waals surface area contributed by atoms with Gasteiger partial charge in [-0.25, -0.2) is 0 Å². The van der Waals surface area contributed by atoms with Crippen molar-refractivity contribution >= 4 is 10.9 Å². The molecule has 1 atom stereocenters. The van der Waals surface area contributed by atoms with Crippen LogP contribution in [0.15, 0.2) is 30.5 Å². The van der Waals surface area contributed by atoms with Crippen molar-refractivity contribution in [3.63, 3.8) is 0 Å². The number of hydrogen-bond acceptors (Lipinski definition) is 2. The molecule has 0 saturated carbocycles. The van der Waals surface area contributed by atoms with E-state index in [1.54, 1.807) is 0 Å². The van der Waals surface area contributed by atoms with Gasteiger partial charge < -0.3 is 15.8 Å². The van der Waals surface area contributed by atoms with Crippen molar-refractivity contribution in [2.24, 2.45) is 5.73 Å². The van der Waals surface area contributed by atoms with E-state index in [9.17, 15) is 0 Å². The van der Waals surface area contributed by atoms with E-state index in [2.05, 4.69) is 11.1 Å². The van der Waals surface area contributed by atoms with Crippen molar-refractivity contribution in [1.29, 1.82) is 0 Å². The minimum Gasteiger partial charge on any atom is -0.395 e. The molecule has 0 spiro atoms. The molecule has 1 aromatic heterocycles. The Morgan fingerprint density at radius 1 is 1.31 bits per heavy atom. The monoisotopic (exact) mass is 220 g/mol. The van der Waals surface area contributed by atoms with Crippen molar-refractivity contribution in [1.82, 2.24) is 4.98 Å². The first-order valence-electron chi connectivity index (χ1n) is 5.72. The van der Waals surface area contributed by atoms with Crippen LogP contribution in [-0.4, -0.2) is 22.7 Å². The summed E-state index contributed by atoms with van der Waals surface area (Å²) in [5.74, 6) is 0. The Bertz CT molecular complexity index is 423. The zero-order chi connectivity index (χ0) is 12.0. The van der Waals surface area contributed by atoms with Crippen LogP contribution in [0.1, 0.15) is 19.4 Å². The fraction of sp³-hybridized carbons (Fsp3) is 0.385. The summed E-state index contributed by atoms with van der Waals surface area (Å²) in [7, 11) is 0. The minimum absolute atomic E-state index is 0.0273. The van der Waals surface area contributed by atoms with E-state index < -0.39 is 0 Å². The molecule has 4 N–H and O–H groups in total. The Hall–Kier alpha value is -1.32. The fourth-order valence-corrected chi connectivity index (χ4v) is 1.65. The van der Waals surface area contributed by atoms with E-state index in [0.717, 1.165) is 5.52 Å². The fourth-order valence-electron chi connectivity index (χ4n) is 1.65. The predicted molar refractivity (Wildman–Crippen MR) is 68.4 cm³/mol. The van der Waals surface area contributed by atoms with Gasteiger partial charge in [0.1, 0.15) is 0 Å². The molecule has 0 radical (unpaired) electrons. The molecule has 88 valence electrons. The number of fused-ring (bicyclic) bond motifs is 1. The molecule has 0 fully saturated rings. The molecule has 1 aromatic carbocycles. The number of hydrogen-bond donors (Lipinski definition) is 3. The Labute approximate surface area is 96.3 Å². The van der Waals surface area contributed by atoms with Gasteiger partial charge in [-0.3, -0.25) is 0 Å². The highest BCUT2D eigenvalue weighted by molar-refractivity contribution is 5.83. The summed E-state index contributed by atoms with van der Waals surface area (Å²) in [6.45, 7) is 4.03. The van der Waals surface area contributed by atoms with Crippen molar-refractivity contribution < 1.29 is 5.11 Å². The molecule has 0 aliphatic heterocycles. The maximum atomic E-state index is 8.87. The van der Waals surface area contributed by atoms with E-state index in [0.29, 0.717) is 6.42 Å². The van der Waals surface area contributed by atoms with E-state index in [4.69, 9.17) is 10.8 Å². The summed E-state index contributed by atoms with van der Waals surface area (Å²) in [6, 6.07) is 7.92. The van der Waals surface area contributed by atoms with Crippen LogP contribution < -0.4 is 5.73 Å². The Morgan fingerprint density at radius 3 is 2.69 bits per heavy atom. The normalized spacial score (nSPS) is 12.0. The summed E-state index contributed by atoms with van der Waals surface area (Å²) >= 11 is 0. The molecular formula is C13H20N2O. The Morgan fingerprint density at radius 2 is 2.00 bits per heavy atom. The molecule has 3 nitrogen and oxygen atoms in total. The highest BCUT2D eigenvalue weighted by Gasteiger charge is 2.06. The lowest BCUT2D eigenvalue weighted by Crippen LogP contribution is -2.26. The second-order valence-electron chi connectivity index (χ2n) is 3.51. The van der Waals surface area contributed by atoms with Crippen LogP contribution in [0, 0.1) is 0 Å². The van der Waals surface area contributed by atoms with Gasteiger partial charge in [-0.1, -0.05) is 32.0 Å².